The van der Waals surface area contributed by atoms with Gasteiger partial charge in [-0.3, -0.25) is 19.8 Å². The van der Waals surface area contributed by atoms with Crippen molar-refractivity contribution in [3.8, 4) is 11.8 Å². The van der Waals surface area contributed by atoms with E-state index < -0.39 is 4.92 Å². The van der Waals surface area contributed by atoms with Gasteiger partial charge in [0.1, 0.15) is 5.75 Å². The lowest BCUT2D eigenvalue weighted by molar-refractivity contribution is -0.384. The van der Waals surface area contributed by atoms with Gasteiger partial charge in [0.05, 0.1) is 42.0 Å². The van der Waals surface area contributed by atoms with Crippen LogP contribution in [0.1, 0.15) is 31.0 Å². The summed E-state index contributed by atoms with van der Waals surface area (Å²) in [5.74, 6) is -0.0276. The number of nitro benzene ring substituents is 1. The fourth-order valence-electron chi connectivity index (χ4n) is 2.84. The molecule has 2 rings (SSSR count). The van der Waals surface area contributed by atoms with Crippen LogP contribution < -0.4 is 10.1 Å². The minimum Gasteiger partial charge on any atom is -0.494 e. The molecule has 0 radical (unpaired) electrons. The van der Waals surface area contributed by atoms with Gasteiger partial charge < -0.3 is 10.1 Å². The van der Waals surface area contributed by atoms with Gasteiger partial charge in [-0.1, -0.05) is 19.1 Å². The highest BCUT2D eigenvalue weighted by molar-refractivity contribution is 5.94. The van der Waals surface area contributed by atoms with Crippen LogP contribution >= 0.6 is 0 Å². The van der Waals surface area contributed by atoms with Crippen LogP contribution in [0.3, 0.4) is 0 Å². The fourth-order valence-corrected chi connectivity index (χ4v) is 2.84. The summed E-state index contributed by atoms with van der Waals surface area (Å²) in [7, 11) is 1.39. The Balaban J connectivity index is 2.09. The second-order valence-corrected chi connectivity index (χ2v) is 6.16. The summed E-state index contributed by atoms with van der Waals surface area (Å²) < 4.78 is 5.15. The van der Waals surface area contributed by atoms with Crippen LogP contribution in [0, 0.1) is 21.4 Å². The van der Waals surface area contributed by atoms with Gasteiger partial charge in [-0.25, -0.2) is 0 Å². The third-order valence-electron chi connectivity index (χ3n) is 4.49. The number of methoxy groups -OCH3 is 1. The van der Waals surface area contributed by atoms with Crippen LogP contribution in [0.15, 0.2) is 42.5 Å². The molecule has 1 unspecified atom stereocenters. The number of rotatable bonds is 8. The van der Waals surface area contributed by atoms with Gasteiger partial charge in [0.2, 0.25) is 5.91 Å². The van der Waals surface area contributed by atoms with E-state index in [0.29, 0.717) is 17.8 Å². The Labute approximate surface area is 163 Å². The smallest absolute Gasteiger partial charge is 0.273 e. The molecule has 8 nitrogen and oxygen atoms in total. The SMILES string of the molecule is CCN(CC(=O)Nc1ccc([N+](=O)[O-])cc1OC)C(C)c1ccc(C#N)cc1. The van der Waals surface area contributed by atoms with Gasteiger partial charge in [0.25, 0.3) is 5.69 Å². The Hall–Kier alpha value is -3.44. The Morgan fingerprint density at radius 1 is 1.32 bits per heavy atom. The minimum absolute atomic E-state index is 0.0257. The highest BCUT2D eigenvalue weighted by atomic mass is 16.6. The summed E-state index contributed by atoms with van der Waals surface area (Å²) in [4.78, 5) is 24.9. The molecule has 0 fully saturated rings. The summed E-state index contributed by atoms with van der Waals surface area (Å²) in [5.41, 5.74) is 1.85. The zero-order valence-corrected chi connectivity index (χ0v) is 16.0. The monoisotopic (exact) mass is 382 g/mol. The van der Waals surface area contributed by atoms with Crippen molar-refractivity contribution >= 4 is 17.3 Å². The first-order valence-corrected chi connectivity index (χ1v) is 8.76. The van der Waals surface area contributed by atoms with Gasteiger partial charge in [-0.05, 0) is 37.2 Å². The van der Waals surface area contributed by atoms with Crippen molar-refractivity contribution in [3.05, 3.63) is 63.7 Å². The Bertz CT molecular complexity index is 890. The molecule has 0 aromatic heterocycles. The van der Waals surface area contributed by atoms with E-state index in [9.17, 15) is 14.9 Å². The molecule has 0 heterocycles. The van der Waals surface area contributed by atoms with E-state index in [1.54, 1.807) is 12.1 Å². The maximum Gasteiger partial charge on any atom is 0.273 e. The molecule has 0 aliphatic carbocycles. The van der Waals surface area contributed by atoms with Crippen molar-refractivity contribution in [3.63, 3.8) is 0 Å². The molecule has 8 heteroatoms. The topological polar surface area (TPSA) is 108 Å². The van der Waals surface area contributed by atoms with Gasteiger partial charge in [-0.15, -0.1) is 0 Å². The van der Waals surface area contributed by atoms with E-state index in [1.165, 1.54) is 25.3 Å². The standard InChI is InChI=1S/C20H22N4O4/c1-4-23(14(2)16-7-5-15(12-21)6-8-16)13-20(25)22-18-10-9-17(24(26)27)11-19(18)28-3/h5-11,14H,4,13H2,1-3H3,(H,22,25). The number of anilines is 1. The Morgan fingerprint density at radius 2 is 2.00 bits per heavy atom. The summed E-state index contributed by atoms with van der Waals surface area (Å²) in [5, 5.41) is 22.5. The first-order valence-electron chi connectivity index (χ1n) is 8.76. The second-order valence-electron chi connectivity index (χ2n) is 6.16. The molecular formula is C20H22N4O4. The third-order valence-corrected chi connectivity index (χ3v) is 4.49. The molecule has 0 spiro atoms. The fraction of sp³-hybridized carbons (Fsp3) is 0.300. The lowest BCUT2D eigenvalue weighted by Gasteiger charge is -2.27. The quantitative estimate of drug-likeness (QED) is 0.553. The molecule has 2 aromatic carbocycles. The number of nitrogens with zero attached hydrogens (tertiary/aromatic N) is 3. The average molecular weight is 382 g/mol. The summed E-state index contributed by atoms with van der Waals surface area (Å²) in [6.07, 6.45) is 0. The van der Waals surface area contributed by atoms with Gasteiger partial charge >= 0.3 is 0 Å². The number of amides is 1. The first kappa shape index (κ1) is 20.9. The van der Waals surface area contributed by atoms with Crippen LogP contribution in [-0.4, -0.2) is 35.9 Å². The van der Waals surface area contributed by atoms with Crippen LogP contribution in [0.5, 0.6) is 5.75 Å². The Morgan fingerprint density at radius 3 is 2.54 bits per heavy atom. The molecule has 1 N–H and O–H groups in total. The molecule has 0 aliphatic rings. The van der Waals surface area contributed by atoms with Crippen LogP contribution in [0.2, 0.25) is 0 Å². The predicted molar refractivity (Wildman–Crippen MR) is 105 cm³/mol. The van der Waals surface area contributed by atoms with E-state index in [0.717, 1.165) is 5.56 Å². The van der Waals surface area contributed by atoms with E-state index >= 15 is 0 Å². The van der Waals surface area contributed by atoms with Crippen molar-refractivity contribution in [2.24, 2.45) is 0 Å². The number of carbonyl (C=O) groups excluding carboxylic acids is 1. The molecule has 0 aliphatic heterocycles. The molecule has 146 valence electrons. The van der Waals surface area contributed by atoms with E-state index in [1.807, 2.05) is 30.9 Å². The van der Waals surface area contributed by atoms with Crippen LogP contribution in [0.4, 0.5) is 11.4 Å². The minimum atomic E-state index is -0.522. The molecule has 2 aromatic rings. The maximum atomic E-state index is 12.5. The number of non-ortho nitro benzene ring substituents is 1. The number of benzene rings is 2. The number of nitrogens with one attached hydrogen (secondary N) is 1. The summed E-state index contributed by atoms with van der Waals surface area (Å²) in [6.45, 7) is 4.73. The van der Waals surface area contributed by atoms with E-state index in [2.05, 4.69) is 11.4 Å². The van der Waals surface area contributed by atoms with E-state index in [-0.39, 0.29) is 29.9 Å². The predicted octanol–water partition coefficient (Wildman–Crippen LogP) is 3.50. The van der Waals surface area contributed by atoms with Crippen molar-refractivity contribution in [1.82, 2.24) is 4.90 Å². The van der Waals surface area contributed by atoms with Crippen LogP contribution in [0.25, 0.3) is 0 Å². The number of likely N-dealkylation sites (N-methyl/N-ethyl adjacent to an activating group) is 1. The molecule has 1 amide bonds. The van der Waals surface area contributed by atoms with Gasteiger partial charge in [-0.2, -0.15) is 5.26 Å². The third kappa shape index (κ3) is 5.05. The number of nitriles is 1. The molecule has 0 saturated heterocycles. The second kappa shape index (κ2) is 9.48. The highest BCUT2D eigenvalue weighted by Gasteiger charge is 2.19. The molecular weight excluding hydrogens is 360 g/mol. The van der Waals surface area contributed by atoms with Crippen molar-refractivity contribution in [2.45, 2.75) is 19.9 Å². The summed E-state index contributed by atoms with van der Waals surface area (Å²) in [6, 6.07) is 13.4. The highest BCUT2D eigenvalue weighted by Crippen LogP contribution is 2.29. The molecule has 0 saturated carbocycles. The maximum absolute atomic E-state index is 12.5. The molecule has 1 atom stereocenters. The van der Waals surface area contributed by atoms with Crippen molar-refractivity contribution in [2.75, 3.05) is 25.5 Å². The lowest BCUT2D eigenvalue weighted by Crippen LogP contribution is -2.35. The number of nitro groups is 1. The average Bonchev–Trinajstić information content (AvgIpc) is 2.71. The van der Waals surface area contributed by atoms with Gasteiger partial charge in [0, 0.05) is 12.1 Å². The Kier molecular flexibility index (Phi) is 7.07. The molecule has 28 heavy (non-hydrogen) atoms. The number of carbonyl (C=O) groups is 1. The van der Waals surface area contributed by atoms with Crippen LogP contribution in [-0.2, 0) is 4.79 Å². The first-order chi connectivity index (χ1) is 13.4. The van der Waals surface area contributed by atoms with Crippen molar-refractivity contribution < 1.29 is 14.5 Å². The number of hydrogen-bond donors (Lipinski definition) is 1. The zero-order valence-electron chi connectivity index (χ0n) is 16.0. The lowest BCUT2D eigenvalue weighted by atomic mass is 10.0. The molecule has 0 bridgehead atoms. The largest absolute Gasteiger partial charge is 0.494 e. The van der Waals surface area contributed by atoms with E-state index in [4.69, 9.17) is 10.00 Å². The number of ether oxygens (including phenoxy) is 1. The number of hydrogen-bond acceptors (Lipinski definition) is 6. The normalized spacial score (nSPS) is 11.5. The van der Waals surface area contributed by atoms with Crippen molar-refractivity contribution in [1.29, 1.82) is 5.26 Å². The zero-order chi connectivity index (χ0) is 20.7. The summed E-state index contributed by atoms with van der Waals surface area (Å²) >= 11 is 0. The van der Waals surface area contributed by atoms with Gasteiger partial charge in [0.15, 0.2) is 0 Å².